The molecule has 1 N–H and O–H groups in total. The Morgan fingerprint density at radius 3 is 2.52 bits per heavy atom. The first kappa shape index (κ1) is 15.8. The molecule has 1 aromatic rings. The fourth-order valence-electron chi connectivity index (χ4n) is 2.80. The Labute approximate surface area is 127 Å². The Morgan fingerprint density at radius 2 is 1.95 bits per heavy atom. The van der Waals surface area contributed by atoms with Crippen LogP contribution in [0.3, 0.4) is 0 Å². The standard InChI is InChI=1S/C17H26N2O2/c1-13(15-4-6-16(21-3)7-5-15)18-17(20)12-14-8-10-19(2)11-9-14/h4-7,13-14H,8-12H2,1-3H3,(H,18,20)/t13-/m0/s1. The monoisotopic (exact) mass is 290 g/mol. The maximum Gasteiger partial charge on any atom is 0.220 e. The lowest BCUT2D eigenvalue weighted by molar-refractivity contribution is -0.123. The zero-order chi connectivity index (χ0) is 15.2. The Balaban J connectivity index is 1.81. The van der Waals surface area contributed by atoms with Crippen LogP contribution in [0, 0.1) is 5.92 Å². The molecule has 1 fully saturated rings. The summed E-state index contributed by atoms with van der Waals surface area (Å²) in [4.78, 5) is 14.5. The van der Waals surface area contributed by atoms with Gasteiger partial charge in [-0.3, -0.25) is 4.79 Å². The van der Waals surface area contributed by atoms with E-state index >= 15 is 0 Å². The van der Waals surface area contributed by atoms with Crippen molar-refractivity contribution in [3.63, 3.8) is 0 Å². The number of likely N-dealkylation sites (tertiary alicyclic amines) is 1. The maximum atomic E-state index is 12.2. The number of hydrogen-bond acceptors (Lipinski definition) is 3. The molecule has 1 heterocycles. The van der Waals surface area contributed by atoms with Crippen molar-refractivity contribution in [1.82, 2.24) is 10.2 Å². The van der Waals surface area contributed by atoms with Crippen LogP contribution < -0.4 is 10.1 Å². The number of nitrogens with zero attached hydrogens (tertiary/aromatic N) is 1. The number of methoxy groups -OCH3 is 1. The molecular weight excluding hydrogens is 264 g/mol. The molecule has 1 aliphatic rings. The molecule has 1 atom stereocenters. The highest BCUT2D eigenvalue weighted by atomic mass is 16.5. The summed E-state index contributed by atoms with van der Waals surface area (Å²) in [7, 11) is 3.80. The van der Waals surface area contributed by atoms with Crippen LogP contribution in [-0.2, 0) is 4.79 Å². The van der Waals surface area contributed by atoms with E-state index in [9.17, 15) is 4.79 Å². The molecule has 1 aliphatic heterocycles. The summed E-state index contributed by atoms with van der Waals surface area (Å²) in [6.45, 7) is 4.23. The lowest BCUT2D eigenvalue weighted by atomic mass is 9.93. The average molecular weight is 290 g/mol. The van der Waals surface area contributed by atoms with Gasteiger partial charge in [0, 0.05) is 6.42 Å². The van der Waals surface area contributed by atoms with Crippen molar-refractivity contribution in [3.05, 3.63) is 29.8 Å². The highest BCUT2D eigenvalue weighted by Gasteiger charge is 2.20. The summed E-state index contributed by atoms with van der Waals surface area (Å²) >= 11 is 0. The summed E-state index contributed by atoms with van der Waals surface area (Å²) in [5.41, 5.74) is 1.10. The van der Waals surface area contributed by atoms with Crippen LogP contribution in [0.25, 0.3) is 0 Å². The predicted octanol–water partition coefficient (Wildman–Crippen LogP) is 2.60. The molecule has 0 spiro atoms. The van der Waals surface area contributed by atoms with Crippen molar-refractivity contribution in [2.45, 2.75) is 32.2 Å². The summed E-state index contributed by atoms with van der Waals surface area (Å²) < 4.78 is 5.15. The van der Waals surface area contributed by atoms with Gasteiger partial charge in [0.25, 0.3) is 0 Å². The van der Waals surface area contributed by atoms with Gasteiger partial charge in [-0.2, -0.15) is 0 Å². The summed E-state index contributed by atoms with van der Waals surface area (Å²) in [6, 6.07) is 7.89. The highest BCUT2D eigenvalue weighted by molar-refractivity contribution is 5.76. The van der Waals surface area contributed by atoms with E-state index in [1.54, 1.807) is 7.11 Å². The molecule has 116 valence electrons. The molecule has 4 heteroatoms. The van der Waals surface area contributed by atoms with Crippen molar-refractivity contribution >= 4 is 5.91 Å². The first-order chi connectivity index (χ1) is 10.1. The minimum atomic E-state index is 0.0367. The number of carbonyl (C=O) groups excluding carboxylic acids is 1. The number of hydrogen-bond donors (Lipinski definition) is 1. The molecule has 0 aromatic heterocycles. The second kappa shape index (κ2) is 7.46. The van der Waals surface area contributed by atoms with Gasteiger partial charge in [-0.25, -0.2) is 0 Å². The van der Waals surface area contributed by atoms with Crippen LogP contribution in [0.2, 0.25) is 0 Å². The molecule has 21 heavy (non-hydrogen) atoms. The second-order valence-corrected chi connectivity index (χ2v) is 6.01. The zero-order valence-corrected chi connectivity index (χ0v) is 13.3. The van der Waals surface area contributed by atoms with Crippen molar-refractivity contribution < 1.29 is 9.53 Å². The third-order valence-corrected chi connectivity index (χ3v) is 4.31. The Morgan fingerprint density at radius 1 is 1.33 bits per heavy atom. The largest absolute Gasteiger partial charge is 0.497 e. The molecule has 1 aromatic carbocycles. The predicted molar refractivity (Wildman–Crippen MR) is 84.4 cm³/mol. The smallest absolute Gasteiger partial charge is 0.220 e. The van der Waals surface area contributed by atoms with Gasteiger partial charge in [0.05, 0.1) is 13.2 Å². The topological polar surface area (TPSA) is 41.6 Å². The van der Waals surface area contributed by atoms with Gasteiger partial charge in [0.2, 0.25) is 5.91 Å². The third-order valence-electron chi connectivity index (χ3n) is 4.31. The number of ether oxygens (including phenoxy) is 1. The molecule has 1 amide bonds. The summed E-state index contributed by atoms with van der Waals surface area (Å²) in [5.74, 6) is 1.53. The van der Waals surface area contributed by atoms with Gasteiger partial charge in [-0.05, 0) is 63.5 Å². The van der Waals surface area contributed by atoms with Crippen LogP contribution in [-0.4, -0.2) is 38.1 Å². The quantitative estimate of drug-likeness (QED) is 0.906. The number of rotatable bonds is 5. The lowest BCUT2D eigenvalue weighted by Crippen LogP contribution is -2.34. The molecule has 4 nitrogen and oxygen atoms in total. The van der Waals surface area contributed by atoms with Crippen LogP contribution in [0.15, 0.2) is 24.3 Å². The second-order valence-electron chi connectivity index (χ2n) is 6.01. The van der Waals surface area contributed by atoms with Gasteiger partial charge < -0.3 is 15.0 Å². The Hall–Kier alpha value is -1.55. The molecule has 0 radical (unpaired) electrons. The van der Waals surface area contributed by atoms with Gasteiger partial charge in [-0.15, -0.1) is 0 Å². The highest BCUT2D eigenvalue weighted by Crippen LogP contribution is 2.21. The fourth-order valence-corrected chi connectivity index (χ4v) is 2.80. The van der Waals surface area contributed by atoms with Gasteiger partial charge in [0.1, 0.15) is 5.75 Å². The van der Waals surface area contributed by atoms with Gasteiger partial charge in [-0.1, -0.05) is 12.1 Å². The molecule has 1 saturated heterocycles. The maximum absolute atomic E-state index is 12.2. The van der Waals surface area contributed by atoms with Crippen molar-refractivity contribution in [3.8, 4) is 5.75 Å². The minimum Gasteiger partial charge on any atom is -0.497 e. The van der Waals surface area contributed by atoms with E-state index in [0.717, 1.165) is 37.2 Å². The van der Waals surface area contributed by atoms with E-state index < -0.39 is 0 Å². The molecular formula is C17H26N2O2. The van der Waals surface area contributed by atoms with Crippen molar-refractivity contribution in [2.75, 3.05) is 27.2 Å². The van der Waals surface area contributed by atoms with E-state index in [4.69, 9.17) is 4.74 Å². The first-order valence-corrected chi connectivity index (χ1v) is 7.70. The Kier molecular flexibility index (Phi) is 5.62. The number of piperidine rings is 1. The lowest BCUT2D eigenvalue weighted by Gasteiger charge is -2.28. The Bertz CT molecular complexity index is 450. The van der Waals surface area contributed by atoms with Crippen LogP contribution in [0.4, 0.5) is 0 Å². The molecule has 0 aliphatic carbocycles. The normalized spacial score (nSPS) is 18.2. The van der Waals surface area contributed by atoms with Crippen LogP contribution >= 0.6 is 0 Å². The molecule has 2 rings (SSSR count). The zero-order valence-electron chi connectivity index (χ0n) is 13.3. The fraction of sp³-hybridized carbons (Fsp3) is 0.588. The minimum absolute atomic E-state index is 0.0367. The van der Waals surface area contributed by atoms with E-state index in [2.05, 4.69) is 17.3 Å². The molecule has 0 saturated carbocycles. The number of carbonyl (C=O) groups is 1. The van der Waals surface area contributed by atoms with Crippen LogP contribution in [0.5, 0.6) is 5.75 Å². The van der Waals surface area contributed by atoms with E-state index in [1.807, 2.05) is 31.2 Å². The number of benzene rings is 1. The van der Waals surface area contributed by atoms with E-state index in [-0.39, 0.29) is 11.9 Å². The number of nitrogens with one attached hydrogen (secondary N) is 1. The first-order valence-electron chi connectivity index (χ1n) is 7.70. The molecule has 0 bridgehead atoms. The van der Waals surface area contributed by atoms with Gasteiger partial charge >= 0.3 is 0 Å². The number of amides is 1. The third kappa shape index (κ3) is 4.74. The van der Waals surface area contributed by atoms with E-state index in [1.165, 1.54) is 0 Å². The summed E-state index contributed by atoms with van der Waals surface area (Å²) in [5, 5.41) is 3.10. The van der Waals surface area contributed by atoms with E-state index in [0.29, 0.717) is 12.3 Å². The van der Waals surface area contributed by atoms with Crippen LogP contribution in [0.1, 0.15) is 37.8 Å². The van der Waals surface area contributed by atoms with Gasteiger partial charge in [0.15, 0.2) is 0 Å². The average Bonchev–Trinajstić information content (AvgIpc) is 2.49. The SMILES string of the molecule is COc1ccc([C@H](C)NC(=O)CC2CCN(C)CC2)cc1. The van der Waals surface area contributed by atoms with Crippen molar-refractivity contribution in [2.24, 2.45) is 5.92 Å². The summed E-state index contributed by atoms with van der Waals surface area (Å²) in [6.07, 6.45) is 2.90. The van der Waals surface area contributed by atoms with Crippen molar-refractivity contribution in [1.29, 1.82) is 0 Å². The molecule has 0 unspecified atom stereocenters.